The van der Waals surface area contributed by atoms with Gasteiger partial charge in [0.1, 0.15) is 0 Å². The molecule has 0 radical (unpaired) electrons. The molecule has 3 amide bonds. The summed E-state index contributed by atoms with van der Waals surface area (Å²) < 4.78 is 0. The lowest BCUT2D eigenvalue weighted by atomic mass is 9.89. The second kappa shape index (κ2) is 6.97. The predicted molar refractivity (Wildman–Crippen MR) is 94.1 cm³/mol. The zero-order valence-corrected chi connectivity index (χ0v) is 14.8. The Morgan fingerprint density at radius 1 is 1.17 bits per heavy atom. The molecule has 1 aliphatic carbocycles. The smallest absolute Gasteiger partial charge is 0.289 e. The van der Waals surface area contributed by atoms with Gasteiger partial charge in [-0.1, -0.05) is 30.7 Å². The number of rotatable bonds is 3. The summed E-state index contributed by atoms with van der Waals surface area (Å²) in [6, 6.07) is 5.25. The summed E-state index contributed by atoms with van der Waals surface area (Å²) in [5.41, 5.74) is 2.84. The van der Waals surface area contributed by atoms with Gasteiger partial charge in [-0.25, -0.2) is 0 Å². The van der Waals surface area contributed by atoms with Crippen LogP contribution < -0.4 is 5.32 Å². The first-order chi connectivity index (χ1) is 11.5. The third-order valence-corrected chi connectivity index (χ3v) is 5.77. The molecule has 1 aromatic carbocycles. The Morgan fingerprint density at radius 2 is 1.92 bits per heavy atom. The van der Waals surface area contributed by atoms with Crippen LogP contribution in [-0.4, -0.2) is 39.8 Å². The van der Waals surface area contributed by atoms with Gasteiger partial charge in [-0.05, 0) is 49.9 Å². The highest BCUT2D eigenvalue weighted by Gasteiger charge is 2.41. The summed E-state index contributed by atoms with van der Waals surface area (Å²) in [7, 11) is 0. The molecule has 0 aromatic heterocycles. The van der Waals surface area contributed by atoms with Crippen molar-refractivity contribution in [3.63, 3.8) is 0 Å². The SMILES string of the molecule is Cc1ccc(C(=O)N[C@H]2CCCC[C@H]2N2C(=O)CSC2=O)cc1C. The van der Waals surface area contributed by atoms with E-state index in [-0.39, 0.29) is 34.9 Å². The number of nitrogens with zero attached hydrogens (tertiary/aromatic N) is 1. The summed E-state index contributed by atoms with van der Waals surface area (Å²) in [4.78, 5) is 38.0. The maximum Gasteiger partial charge on any atom is 0.289 e. The van der Waals surface area contributed by atoms with Crippen LogP contribution in [0.15, 0.2) is 18.2 Å². The number of benzene rings is 1. The number of carbonyl (C=O) groups is 3. The van der Waals surface area contributed by atoms with Gasteiger partial charge in [0, 0.05) is 5.56 Å². The van der Waals surface area contributed by atoms with Crippen molar-refractivity contribution in [2.24, 2.45) is 0 Å². The van der Waals surface area contributed by atoms with Crippen molar-refractivity contribution in [1.82, 2.24) is 10.2 Å². The fourth-order valence-corrected chi connectivity index (χ4v) is 4.17. The predicted octanol–water partition coefficient (Wildman–Crippen LogP) is 3.04. The van der Waals surface area contributed by atoms with E-state index in [0.29, 0.717) is 5.56 Å². The van der Waals surface area contributed by atoms with Crippen molar-refractivity contribution >= 4 is 28.8 Å². The maximum absolute atomic E-state index is 12.6. The minimum atomic E-state index is -0.218. The molecule has 1 aromatic rings. The van der Waals surface area contributed by atoms with Crippen LogP contribution in [0.1, 0.15) is 47.2 Å². The first kappa shape index (κ1) is 17.0. The van der Waals surface area contributed by atoms with E-state index in [9.17, 15) is 14.4 Å². The normalized spacial score (nSPS) is 24.3. The summed E-state index contributed by atoms with van der Waals surface area (Å²) >= 11 is 1.05. The standard InChI is InChI=1S/C18H22N2O3S/c1-11-7-8-13(9-12(11)2)17(22)19-14-5-3-4-6-15(14)20-16(21)10-24-18(20)23/h7-9,14-15H,3-6,10H2,1-2H3,(H,19,22)/t14-,15+/m0/s1. The molecule has 128 valence electrons. The first-order valence-electron chi connectivity index (χ1n) is 8.34. The average Bonchev–Trinajstić information content (AvgIpc) is 2.89. The number of amides is 3. The van der Waals surface area contributed by atoms with Crippen LogP contribution in [0, 0.1) is 13.8 Å². The van der Waals surface area contributed by atoms with Gasteiger partial charge in [0.05, 0.1) is 17.8 Å². The van der Waals surface area contributed by atoms with Gasteiger partial charge >= 0.3 is 0 Å². The Kier molecular flexibility index (Phi) is 4.94. The molecule has 5 nitrogen and oxygen atoms in total. The monoisotopic (exact) mass is 346 g/mol. The van der Waals surface area contributed by atoms with Crippen LogP contribution in [0.2, 0.25) is 0 Å². The van der Waals surface area contributed by atoms with E-state index in [1.165, 1.54) is 4.90 Å². The molecule has 3 rings (SSSR count). The fourth-order valence-electron chi connectivity index (χ4n) is 3.41. The second-order valence-corrected chi connectivity index (χ2v) is 7.48. The topological polar surface area (TPSA) is 66.5 Å². The third kappa shape index (κ3) is 3.34. The summed E-state index contributed by atoms with van der Waals surface area (Å²) in [6.45, 7) is 3.99. The van der Waals surface area contributed by atoms with E-state index in [1.807, 2.05) is 32.0 Å². The lowest BCUT2D eigenvalue weighted by molar-refractivity contribution is -0.127. The Morgan fingerprint density at radius 3 is 2.58 bits per heavy atom. The number of hydrogen-bond donors (Lipinski definition) is 1. The van der Waals surface area contributed by atoms with E-state index >= 15 is 0 Å². The van der Waals surface area contributed by atoms with E-state index in [1.54, 1.807) is 0 Å². The molecule has 2 fully saturated rings. The Hall–Kier alpha value is -1.82. The van der Waals surface area contributed by atoms with Crippen molar-refractivity contribution in [2.45, 2.75) is 51.6 Å². The van der Waals surface area contributed by atoms with Gasteiger partial charge in [-0.2, -0.15) is 0 Å². The molecule has 0 bridgehead atoms. The highest BCUT2D eigenvalue weighted by molar-refractivity contribution is 8.14. The van der Waals surface area contributed by atoms with Crippen molar-refractivity contribution in [2.75, 3.05) is 5.75 Å². The van der Waals surface area contributed by atoms with Gasteiger partial charge in [0.25, 0.3) is 11.1 Å². The van der Waals surface area contributed by atoms with Gasteiger partial charge in [0.2, 0.25) is 5.91 Å². The fraction of sp³-hybridized carbons (Fsp3) is 0.500. The van der Waals surface area contributed by atoms with Crippen LogP contribution in [0.4, 0.5) is 4.79 Å². The number of carbonyl (C=O) groups excluding carboxylic acids is 3. The highest BCUT2D eigenvalue weighted by Crippen LogP contribution is 2.30. The summed E-state index contributed by atoms with van der Waals surface area (Å²) in [5, 5.41) is 2.87. The molecule has 1 saturated heterocycles. The molecule has 1 N–H and O–H groups in total. The quantitative estimate of drug-likeness (QED) is 0.913. The van der Waals surface area contributed by atoms with Crippen molar-refractivity contribution in [1.29, 1.82) is 0 Å². The number of thioether (sulfide) groups is 1. The molecule has 0 spiro atoms. The van der Waals surface area contributed by atoms with Crippen LogP contribution in [-0.2, 0) is 4.79 Å². The van der Waals surface area contributed by atoms with Gasteiger partial charge < -0.3 is 5.32 Å². The van der Waals surface area contributed by atoms with E-state index in [2.05, 4.69) is 5.32 Å². The first-order valence-corrected chi connectivity index (χ1v) is 9.33. The molecular weight excluding hydrogens is 324 g/mol. The summed E-state index contributed by atoms with van der Waals surface area (Å²) in [5.74, 6) is -0.0586. The van der Waals surface area contributed by atoms with E-state index < -0.39 is 0 Å². The van der Waals surface area contributed by atoms with Crippen LogP contribution in [0.3, 0.4) is 0 Å². The zero-order chi connectivity index (χ0) is 17.3. The minimum absolute atomic E-state index is 0.137. The van der Waals surface area contributed by atoms with Gasteiger partial charge in [-0.3, -0.25) is 19.3 Å². The van der Waals surface area contributed by atoms with Crippen molar-refractivity contribution in [3.8, 4) is 0 Å². The largest absolute Gasteiger partial charge is 0.347 e. The summed E-state index contributed by atoms with van der Waals surface area (Å²) in [6.07, 6.45) is 3.53. The molecule has 6 heteroatoms. The Bertz CT molecular complexity index is 673. The Balaban J connectivity index is 1.76. The van der Waals surface area contributed by atoms with Crippen LogP contribution in [0.5, 0.6) is 0 Å². The van der Waals surface area contributed by atoms with Gasteiger partial charge in [-0.15, -0.1) is 0 Å². The van der Waals surface area contributed by atoms with Crippen LogP contribution >= 0.6 is 11.8 Å². The van der Waals surface area contributed by atoms with Crippen molar-refractivity contribution < 1.29 is 14.4 Å². The second-order valence-electron chi connectivity index (χ2n) is 6.55. The number of imide groups is 1. The number of nitrogens with one attached hydrogen (secondary N) is 1. The third-order valence-electron chi connectivity index (χ3n) is 4.93. The number of hydrogen-bond acceptors (Lipinski definition) is 4. The molecular formula is C18H22N2O3S. The molecule has 1 aliphatic heterocycles. The van der Waals surface area contributed by atoms with Crippen molar-refractivity contribution in [3.05, 3.63) is 34.9 Å². The molecule has 2 atom stereocenters. The zero-order valence-electron chi connectivity index (χ0n) is 14.0. The van der Waals surface area contributed by atoms with E-state index in [0.717, 1.165) is 48.6 Å². The average molecular weight is 346 g/mol. The highest BCUT2D eigenvalue weighted by atomic mass is 32.2. The Labute approximate surface area is 146 Å². The number of aryl methyl sites for hydroxylation is 2. The lowest BCUT2D eigenvalue weighted by Crippen LogP contribution is -2.54. The molecule has 2 aliphatic rings. The molecule has 0 unspecified atom stereocenters. The molecule has 1 heterocycles. The molecule has 24 heavy (non-hydrogen) atoms. The maximum atomic E-state index is 12.6. The van der Waals surface area contributed by atoms with Crippen LogP contribution in [0.25, 0.3) is 0 Å². The van der Waals surface area contributed by atoms with Gasteiger partial charge in [0.15, 0.2) is 0 Å². The van der Waals surface area contributed by atoms with E-state index in [4.69, 9.17) is 0 Å². The minimum Gasteiger partial charge on any atom is -0.347 e. The lowest BCUT2D eigenvalue weighted by Gasteiger charge is -2.36. The molecule has 1 saturated carbocycles.